The molecule has 0 saturated heterocycles. The lowest BCUT2D eigenvalue weighted by atomic mass is 10.1. The number of nitrogens with one attached hydrogen (secondary N) is 1. The first-order valence-corrected chi connectivity index (χ1v) is 5.79. The molecule has 0 rings (SSSR count). The van der Waals surface area contributed by atoms with Crippen molar-refractivity contribution in [2.24, 2.45) is 0 Å². The van der Waals surface area contributed by atoms with Crippen molar-refractivity contribution in [2.75, 3.05) is 6.54 Å². The van der Waals surface area contributed by atoms with Crippen LogP contribution in [0.2, 0.25) is 0 Å². The van der Waals surface area contributed by atoms with Crippen LogP contribution in [-0.2, 0) is 0 Å². The van der Waals surface area contributed by atoms with E-state index in [0.29, 0.717) is 12.6 Å². The lowest BCUT2D eigenvalue weighted by molar-refractivity contribution is -0.135. The van der Waals surface area contributed by atoms with Gasteiger partial charge < -0.3 is 5.32 Å². The van der Waals surface area contributed by atoms with Crippen molar-refractivity contribution in [1.29, 1.82) is 0 Å². The summed E-state index contributed by atoms with van der Waals surface area (Å²) in [5, 5.41) is 3.19. The summed E-state index contributed by atoms with van der Waals surface area (Å²) in [6.45, 7) is 4.67. The van der Waals surface area contributed by atoms with Crippen molar-refractivity contribution in [2.45, 2.75) is 64.6 Å². The number of alkyl halides is 3. The molecule has 92 valence electrons. The molecular weight excluding hydrogens is 203 g/mol. The Kier molecular flexibility index (Phi) is 7.83. The Balaban J connectivity index is 3.52. The second-order valence-electron chi connectivity index (χ2n) is 3.95. The molecule has 1 nitrogen and oxygen atoms in total. The van der Waals surface area contributed by atoms with Crippen molar-refractivity contribution in [3.63, 3.8) is 0 Å². The Morgan fingerprint density at radius 2 is 1.60 bits per heavy atom. The van der Waals surface area contributed by atoms with E-state index in [9.17, 15) is 13.2 Å². The summed E-state index contributed by atoms with van der Waals surface area (Å²) >= 11 is 0. The summed E-state index contributed by atoms with van der Waals surface area (Å²) < 4.78 is 35.5. The second-order valence-corrected chi connectivity index (χ2v) is 3.95. The third-order valence-corrected chi connectivity index (χ3v) is 2.34. The van der Waals surface area contributed by atoms with E-state index in [2.05, 4.69) is 19.2 Å². The van der Waals surface area contributed by atoms with Gasteiger partial charge in [0.15, 0.2) is 0 Å². The summed E-state index contributed by atoms with van der Waals surface area (Å²) in [6, 6.07) is 0.397. The van der Waals surface area contributed by atoms with Crippen LogP contribution in [0, 0.1) is 0 Å². The van der Waals surface area contributed by atoms with E-state index in [1.165, 1.54) is 0 Å². The predicted molar refractivity (Wildman–Crippen MR) is 56.9 cm³/mol. The Morgan fingerprint density at radius 3 is 2.00 bits per heavy atom. The quantitative estimate of drug-likeness (QED) is 0.618. The Labute approximate surface area is 90.4 Å². The molecule has 1 N–H and O–H groups in total. The molecule has 0 spiro atoms. The summed E-state index contributed by atoms with van der Waals surface area (Å²) in [5.41, 5.74) is 0. The summed E-state index contributed by atoms with van der Waals surface area (Å²) in [6.07, 6.45) is -0.224. The summed E-state index contributed by atoms with van der Waals surface area (Å²) in [5.74, 6) is 0. The number of halogens is 3. The first-order chi connectivity index (χ1) is 6.99. The van der Waals surface area contributed by atoms with E-state index in [-0.39, 0.29) is 6.42 Å². The monoisotopic (exact) mass is 225 g/mol. The zero-order valence-electron chi connectivity index (χ0n) is 9.66. The molecule has 0 aliphatic heterocycles. The van der Waals surface area contributed by atoms with Crippen molar-refractivity contribution in [3.8, 4) is 0 Å². The molecule has 0 aliphatic carbocycles. The first-order valence-electron chi connectivity index (χ1n) is 5.79. The van der Waals surface area contributed by atoms with Crippen LogP contribution in [0.1, 0.15) is 52.4 Å². The van der Waals surface area contributed by atoms with E-state index in [1.807, 2.05) is 0 Å². The third-order valence-electron chi connectivity index (χ3n) is 2.34. The molecule has 0 unspecified atom stereocenters. The van der Waals surface area contributed by atoms with Crippen LogP contribution in [-0.4, -0.2) is 18.8 Å². The fraction of sp³-hybridized carbons (Fsp3) is 1.00. The van der Waals surface area contributed by atoms with Crippen molar-refractivity contribution < 1.29 is 13.2 Å². The summed E-state index contributed by atoms with van der Waals surface area (Å²) in [7, 11) is 0. The van der Waals surface area contributed by atoms with E-state index in [1.54, 1.807) is 0 Å². The Bertz CT molecular complexity index is 139. The van der Waals surface area contributed by atoms with Crippen molar-refractivity contribution >= 4 is 0 Å². The van der Waals surface area contributed by atoms with Crippen LogP contribution in [0.5, 0.6) is 0 Å². The van der Waals surface area contributed by atoms with Gasteiger partial charge in [0.25, 0.3) is 0 Å². The average Bonchev–Trinajstić information content (AvgIpc) is 2.11. The molecule has 0 bridgehead atoms. The van der Waals surface area contributed by atoms with E-state index < -0.39 is 12.6 Å². The van der Waals surface area contributed by atoms with Crippen LogP contribution < -0.4 is 5.32 Å². The molecule has 0 saturated carbocycles. The van der Waals surface area contributed by atoms with Gasteiger partial charge in [-0.1, -0.05) is 26.7 Å². The minimum Gasteiger partial charge on any atom is -0.314 e. The number of hydrogen-bond donors (Lipinski definition) is 1. The maximum absolute atomic E-state index is 11.8. The van der Waals surface area contributed by atoms with Gasteiger partial charge in [-0.25, -0.2) is 0 Å². The first kappa shape index (κ1) is 14.8. The topological polar surface area (TPSA) is 12.0 Å². The molecular formula is C11H22F3N. The molecule has 15 heavy (non-hydrogen) atoms. The van der Waals surface area contributed by atoms with Crippen molar-refractivity contribution in [3.05, 3.63) is 0 Å². The van der Waals surface area contributed by atoms with Gasteiger partial charge in [-0.05, 0) is 25.8 Å². The second kappa shape index (κ2) is 7.97. The fourth-order valence-electron chi connectivity index (χ4n) is 1.64. The van der Waals surface area contributed by atoms with Crippen LogP contribution in [0.25, 0.3) is 0 Å². The zero-order chi connectivity index (χ0) is 11.7. The van der Waals surface area contributed by atoms with E-state index in [4.69, 9.17) is 0 Å². The third kappa shape index (κ3) is 10.0. The van der Waals surface area contributed by atoms with Crippen LogP contribution >= 0.6 is 0 Å². The molecule has 0 amide bonds. The zero-order valence-corrected chi connectivity index (χ0v) is 9.66. The van der Waals surface area contributed by atoms with Gasteiger partial charge in [0.05, 0.1) is 0 Å². The number of hydrogen-bond acceptors (Lipinski definition) is 1. The van der Waals surface area contributed by atoms with Gasteiger partial charge in [0, 0.05) is 12.5 Å². The van der Waals surface area contributed by atoms with Crippen molar-refractivity contribution in [1.82, 2.24) is 5.32 Å². The largest absolute Gasteiger partial charge is 0.389 e. The molecule has 0 aromatic rings. The van der Waals surface area contributed by atoms with Crippen LogP contribution in [0.15, 0.2) is 0 Å². The molecule has 0 fully saturated rings. The lowest BCUT2D eigenvalue weighted by Gasteiger charge is -2.17. The minimum atomic E-state index is -4.01. The van der Waals surface area contributed by atoms with Gasteiger partial charge in [0.2, 0.25) is 0 Å². The van der Waals surface area contributed by atoms with Gasteiger partial charge in [-0.3, -0.25) is 0 Å². The highest BCUT2D eigenvalue weighted by Crippen LogP contribution is 2.20. The maximum atomic E-state index is 11.8. The molecule has 0 aromatic carbocycles. The molecule has 0 radical (unpaired) electrons. The average molecular weight is 225 g/mol. The standard InChI is InChI=1S/C11H22F3N/c1-3-6-10(7-4-2)15-9-5-8-11(12,13)14/h10,15H,3-9H2,1-2H3. The molecule has 0 aliphatic rings. The highest BCUT2D eigenvalue weighted by atomic mass is 19.4. The highest BCUT2D eigenvalue weighted by molar-refractivity contribution is 4.66. The Morgan fingerprint density at radius 1 is 1.07 bits per heavy atom. The predicted octanol–water partition coefficient (Wildman–Crippen LogP) is 3.89. The van der Waals surface area contributed by atoms with Crippen LogP contribution in [0.4, 0.5) is 13.2 Å². The molecule has 0 heterocycles. The van der Waals surface area contributed by atoms with Gasteiger partial charge in [-0.2, -0.15) is 13.2 Å². The lowest BCUT2D eigenvalue weighted by Crippen LogP contribution is -2.30. The molecule has 0 atom stereocenters. The van der Waals surface area contributed by atoms with E-state index >= 15 is 0 Å². The molecule has 4 heteroatoms. The van der Waals surface area contributed by atoms with Gasteiger partial charge in [0.1, 0.15) is 0 Å². The number of rotatable bonds is 8. The normalized spacial score (nSPS) is 12.4. The highest BCUT2D eigenvalue weighted by Gasteiger charge is 2.25. The molecule has 0 aromatic heterocycles. The minimum absolute atomic E-state index is 0.188. The smallest absolute Gasteiger partial charge is 0.314 e. The van der Waals surface area contributed by atoms with E-state index in [0.717, 1.165) is 25.7 Å². The fourth-order valence-corrected chi connectivity index (χ4v) is 1.64. The SMILES string of the molecule is CCCC(CCC)NCCCC(F)(F)F. The van der Waals surface area contributed by atoms with Gasteiger partial charge in [-0.15, -0.1) is 0 Å². The van der Waals surface area contributed by atoms with Crippen LogP contribution in [0.3, 0.4) is 0 Å². The van der Waals surface area contributed by atoms with Gasteiger partial charge >= 0.3 is 6.18 Å². The maximum Gasteiger partial charge on any atom is 0.389 e. The summed E-state index contributed by atoms with van der Waals surface area (Å²) in [4.78, 5) is 0. The Hall–Kier alpha value is -0.250.